The number of alkyl halides is 1. The molecule has 1 unspecified atom stereocenters. The van der Waals surface area contributed by atoms with E-state index < -0.39 is 9.84 Å². The van der Waals surface area contributed by atoms with Crippen LogP contribution >= 0.6 is 11.6 Å². The van der Waals surface area contributed by atoms with Crippen molar-refractivity contribution in [2.24, 2.45) is 0 Å². The average Bonchev–Trinajstić information content (AvgIpc) is 2.59. The van der Waals surface area contributed by atoms with Gasteiger partial charge in [-0.25, -0.2) is 8.42 Å². The molecular weight excluding hydrogens is 250 g/mol. The van der Waals surface area contributed by atoms with Crippen molar-refractivity contribution in [2.75, 3.05) is 24.4 Å². The molecule has 0 N–H and O–H groups in total. The second kappa shape index (κ2) is 5.87. The first-order valence-electron chi connectivity index (χ1n) is 5.47. The van der Waals surface area contributed by atoms with Gasteiger partial charge >= 0.3 is 0 Å². The van der Waals surface area contributed by atoms with Crippen LogP contribution in [0.4, 0.5) is 0 Å². The van der Waals surface area contributed by atoms with Crippen LogP contribution in [-0.2, 0) is 14.6 Å². The monoisotopic (exact) mass is 267 g/mol. The van der Waals surface area contributed by atoms with Gasteiger partial charge in [0.25, 0.3) is 0 Å². The standard InChI is InChI=1S/C10H18ClNO3S/c1-16(14,15)8-10(13)12-7-3-5-9(12)4-2-6-11/h9H,2-8H2,1H3. The van der Waals surface area contributed by atoms with Gasteiger partial charge in [-0.2, -0.15) is 0 Å². The van der Waals surface area contributed by atoms with Crippen molar-refractivity contribution in [1.82, 2.24) is 4.90 Å². The van der Waals surface area contributed by atoms with Crippen LogP contribution in [0.1, 0.15) is 25.7 Å². The predicted octanol–water partition coefficient (Wildman–Crippen LogP) is 1.04. The maximum Gasteiger partial charge on any atom is 0.238 e. The third-order valence-corrected chi connectivity index (χ3v) is 3.79. The Labute approximate surface area is 102 Å². The minimum atomic E-state index is -3.22. The van der Waals surface area contributed by atoms with E-state index in [1.807, 2.05) is 0 Å². The Hall–Kier alpha value is -0.290. The maximum absolute atomic E-state index is 11.7. The highest BCUT2D eigenvalue weighted by Gasteiger charge is 2.29. The Kier molecular flexibility index (Phi) is 5.05. The van der Waals surface area contributed by atoms with Gasteiger partial charge in [-0.1, -0.05) is 0 Å². The molecule has 0 aromatic carbocycles. The molecule has 0 bridgehead atoms. The van der Waals surface area contributed by atoms with Gasteiger partial charge in [0, 0.05) is 24.7 Å². The number of rotatable bonds is 5. The van der Waals surface area contributed by atoms with Crippen LogP contribution in [0.5, 0.6) is 0 Å². The molecular formula is C10H18ClNO3S. The molecule has 16 heavy (non-hydrogen) atoms. The van der Waals surface area contributed by atoms with E-state index in [9.17, 15) is 13.2 Å². The second-order valence-corrected chi connectivity index (χ2v) is 6.80. The summed E-state index contributed by atoms with van der Waals surface area (Å²) < 4.78 is 22.1. The van der Waals surface area contributed by atoms with Crippen molar-refractivity contribution in [2.45, 2.75) is 31.7 Å². The minimum absolute atomic E-state index is 0.188. The molecule has 6 heteroatoms. The summed E-state index contributed by atoms with van der Waals surface area (Å²) in [6.45, 7) is 0.682. The van der Waals surface area contributed by atoms with E-state index in [-0.39, 0.29) is 17.7 Å². The first-order valence-corrected chi connectivity index (χ1v) is 8.06. The van der Waals surface area contributed by atoms with Crippen molar-refractivity contribution < 1.29 is 13.2 Å². The number of carbonyl (C=O) groups excluding carboxylic acids is 1. The number of halogens is 1. The number of likely N-dealkylation sites (tertiary alicyclic amines) is 1. The number of amides is 1. The zero-order valence-electron chi connectivity index (χ0n) is 9.49. The molecule has 1 heterocycles. The molecule has 0 saturated carbocycles. The highest BCUT2D eigenvalue weighted by molar-refractivity contribution is 7.91. The topological polar surface area (TPSA) is 54.5 Å². The Bertz CT molecular complexity index is 342. The van der Waals surface area contributed by atoms with Gasteiger partial charge in [0.1, 0.15) is 5.75 Å². The molecule has 0 aromatic heterocycles. The lowest BCUT2D eigenvalue weighted by molar-refractivity contribution is -0.129. The third-order valence-electron chi connectivity index (χ3n) is 2.75. The number of carbonyl (C=O) groups is 1. The summed E-state index contributed by atoms with van der Waals surface area (Å²) in [5.74, 6) is -0.0470. The molecule has 0 aliphatic carbocycles. The molecule has 1 fully saturated rings. The molecule has 1 atom stereocenters. The van der Waals surface area contributed by atoms with Crippen molar-refractivity contribution in [3.05, 3.63) is 0 Å². The molecule has 1 aliphatic rings. The summed E-state index contributed by atoms with van der Waals surface area (Å²) in [6.07, 6.45) is 4.76. The highest BCUT2D eigenvalue weighted by Crippen LogP contribution is 2.21. The van der Waals surface area contributed by atoms with E-state index in [1.165, 1.54) is 0 Å². The van der Waals surface area contributed by atoms with Crippen molar-refractivity contribution in [3.8, 4) is 0 Å². The normalized spacial score (nSPS) is 21.4. The summed E-state index contributed by atoms with van der Waals surface area (Å²) >= 11 is 5.61. The molecule has 1 aliphatic heterocycles. The van der Waals surface area contributed by atoms with Crippen LogP contribution in [0.3, 0.4) is 0 Å². The summed E-state index contributed by atoms with van der Waals surface area (Å²) in [6, 6.07) is 0.188. The summed E-state index contributed by atoms with van der Waals surface area (Å²) in [5, 5.41) is 0. The number of hydrogen-bond acceptors (Lipinski definition) is 3. The SMILES string of the molecule is CS(=O)(=O)CC(=O)N1CCCC1CCCCl. The van der Waals surface area contributed by atoms with Gasteiger partial charge in [-0.05, 0) is 25.7 Å². The fraction of sp³-hybridized carbons (Fsp3) is 0.900. The van der Waals surface area contributed by atoms with Gasteiger partial charge in [-0.3, -0.25) is 4.79 Å². The molecule has 0 radical (unpaired) electrons. The first kappa shape index (κ1) is 13.8. The first-order chi connectivity index (χ1) is 7.44. The van der Waals surface area contributed by atoms with Gasteiger partial charge in [0.05, 0.1) is 0 Å². The fourth-order valence-electron chi connectivity index (χ4n) is 2.08. The van der Waals surface area contributed by atoms with E-state index in [0.717, 1.165) is 31.9 Å². The van der Waals surface area contributed by atoms with E-state index >= 15 is 0 Å². The van der Waals surface area contributed by atoms with Crippen LogP contribution < -0.4 is 0 Å². The minimum Gasteiger partial charge on any atom is -0.339 e. The zero-order chi connectivity index (χ0) is 12.2. The molecule has 1 amide bonds. The van der Waals surface area contributed by atoms with Crippen molar-refractivity contribution in [3.63, 3.8) is 0 Å². The number of sulfone groups is 1. The van der Waals surface area contributed by atoms with Crippen LogP contribution in [-0.4, -0.2) is 49.7 Å². The largest absolute Gasteiger partial charge is 0.339 e. The molecule has 1 saturated heterocycles. The number of nitrogens with zero attached hydrogens (tertiary/aromatic N) is 1. The van der Waals surface area contributed by atoms with Crippen LogP contribution in [0.15, 0.2) is 0 Å². The summed E-state index contributed by atoms with van der Waals surface area (Å²) in [7, 11) is -3.22. The summed E-state index contributed by atoms with van der Waals surface area (Å²) in [5.41, 5.74) is 0. The van der Waals surface area contributed by atoms with E-state index in [1.54, 1.807) is 4.90 Å². The molecule has 94 valence electrons. The second-order valence-electron chi connectivity index (χ2n) is 4.28. The lowest BCUT2D eigenvalue weighted by Gasteiger charge is -2.24. The summed E-state index contributed by atoms with van der Waals surface area (Å²) in [4.78, 5) is 13.5. The average molecular weight is 268 g/mol. The van der Waals surface area contributed by atoms with Gasteiger partial charge in [-0.15, -0.1) is 11.6 Å². The van der Waals surface area contributed by atoms with Gasteiger partial charge < -0.3 is 4.90 Å². The van der Waals surface area contributed by atoms with E-state index in [4.69, 9.17) is 11.6 Å². The Morgan fingerprint density at radius 2 is 2.19 bits per heavy atom. The van der Waals surface area contributed by atoms with Crippen LogP contribution in [0, 0.1) is 0 Å². The predicted molar refractivity (Wildman–Crippen MR) is 64.4 cm³/mol. The maximum atomic E-state index is 11.7. The lowest BCUT2D eigenvalue weighted by atomic mass is 10.1. The number of hydrogen-bond donors (Lipinski definition) is 0. The quantitative estimate of drug-likeness (QED) is 0.700. The van der Waals surface area contributed by atoms with Gasteiger partial charge in [0.15, 0.2) is 9.84 Å². The zero-order valence-corrected chi connectivity index (χ0v) is 11.1. The highest BCUT2D eigenvalue weighted by atomic mass is 35.5. The Morgan fingerprint density at radius 3 is 2.75 bits per heavy atom. The molecule has 1 rings (SSSR count). The van der Waals surface area contributed by atoms with E-state index in [0.29, 0.717) is 12.4 Å². The Morgan fingerprint density at radius 1 is 1.50 bits per heavy atom. The molecule has 0 aromatic rings. The van der Waals surface area contributed by atoms with Crippen molar-refractivity contribution >= 4 is 27.3 Å². The van der Waals surface area contributed by atoms with Gasteiger partial charge in [0.2, 0.25) is 5.91 Å². The molecule has 0 spiro atoms. The molecule has 4 nitrogen and oxygen atoms in total. The van der Waals surface area contributed by atoms with E-state index in [2.05, 4.69) is 0 Å². The smallest absolute Gasteiger partial charge is 0.238 e. The Balaban J connectivity index is 2.54. The van der Waals surface area contributed by atoms with Crippen LogP contribution in [0.25, 0.3) is 0 Å². The lowest BCUT2D eigenvalue weighted by Crippen LogP contribution is -2.39. The fourth-order valence-corrected chi connectivity index (χ4v) is 2.85. The van der Waals surface area contributed by atoms with Crippen LogP contribution in [0.2, 0.25) is 0 Å². The third kappa shape index (κ3) is 4.29. The van der Waals surface area contributed by atoms with Crippen molar-refractivity contribution in [1.29, 1.82) is 0 Å².